The topological polar surface area (TPSA) is 149 Å². The Morgan fingerprint density at radius 3 is 2.76 bits per heavy atom. The number of nitrogens with zero attached hydrogens (tertiary/aromatic N) is 1. The zero-order valence-electron chi connectivity index (χ0n) is 18.9. The maximum atomic E-state index is 12.4. The fraction of sp³-hybridized carbons (Fsp3) is 0.391. The monoisotopic (exact) mass is 473 g/mol. The van der Waals surface area contributed by atoms with Crippen molar-refractivity contribution in [2.75, 3.05) is 19.4 Å². The fourth-order valence-electron chi connectivity index (χ4n) is 3.11. The number of allylic oxidation sites excluding steroid dienone is 3. The molecule has 6 N–H and O–H groups in total. The minimum Gasteiger partial charge on any atom is -0.469 e. The number of hydrogen-bond acceptors (Lipinski definition) is 6. The molecule has 0 spiro atoms. The molecule has 0 heterocycles. The van der Waals surface area contributed by atoms with E-state index in [4.69, 9.17) is 16.2 Å². The number of nitrogens with one attached hydrogen (secondary N) is 2. The number of hydrogen-bond donors (Lipinski definition) is 4. The summed E-state index contributed by atoms with van der Waals surface area (Å²) in [5.74, 6) is -0.577. The lowest BCUT2D eigenvalue weighted by atomic mass is 10.1. The molecule has 9 nitrogen and oxygen atoms in total. The van der Waals surface area contributed by atoms with Gasteiger partial charge in [0.2, 0.25) is 5.91 Å². The maximum absolute atomic E-state index is 12.4. The van der Waals surface area contributed by atoms with Crippen molar-refractivity contribution >= 4 is 41.2 Å². The van der Waals surface area contributed by atoms with E-state index in [0.29, 0.717) is 22.9 Å². The number of thioether (sulfide) groups is 1. The summed E-state index contributed by atoms with van der Waals surface area (Å²) < 4.78 is 4.75. The second-order valence-corrected chi connectivity index (χ2v) is 8.90. The number of benzene rings is 1. The van der Waals surface area contributed by atoms with E-state index in [1.165, 1.54) is 18.7 Å². The van der Waals surface area contributed by atoms with E-state index in [9.17, 15) is 14.4 Å². The van der Waals surface area contributed by atoms with Crippen LogP contribution in [0.25, 0.3) is 0 Å². The highest BCUT2D eigenvalue weighted by Gasteiger charge is 2.18. The number of guanidine groups is 1. The van der Waals surface area contributed by atoms with E-state index < -0.39 is 17.8 Å². The average molecular weight is 474 g/mol. The third kappa shape index (κ3) is 9.82. The third-order valence-electron chi connectivity index (χ3n) is 4.83. The SMILES string of the molecule is COC(=O)CC(CCSC1C=CC(C)=CC1)NC(=O)CNC(=O)c1cccc(N=C(N)N)c1. The van der Waals surface area contributed by atoms with Gasteiger partial charge in [-0.05, 0) is 43.7 Å². The number of ether oxygens (including phenoxy) is 1. The summed E-state index contributed by atoms with van der Waals surface area (Å²) >= 11 is 1.78. The summed E-state index contributed by atoms with van der Waals surface area (Å²) in [4.78, 5) is 40.5. The third-order valence-corrected chi connectivity index (χ3v) is 6.08. The number of esters is 1. The second-order valence-electron chi connectivity index (χ2n) is 7.56. The Morgan fingerprint density at radius 2 is 2.09 bits per heavy atom. The highest BCUT2D eigenvalue weighted by atomic mass is 32.2. The smallest absolute Gasteiger partial charge is 0.307 e. The van der Waals surface area contributed by atoms with Gasteiger partial charge in [0.1, 0.15) is 0 Å². The molecule has 0 aliphatic heterocycles. The molecule has 0 bridgehead atoms. The van der Waals surface area contributed by atoms with Crippen LogP contribution >= 0.6 is 11.8 Å². The molecule has 33 heavy (non-hydrogen) atoms. The second kappa shape index (κ2) is 13.3. The molecule has 1 aliphatic rings. The summed E-state index contributed by atoms with van der Waals surface area (Å²) in [6, 6.07) is 6.01. The first kappa shape index (κ1) is 26.0. The first-order valence-electron chi connectivity index (χ1n) is 10.6. The van der Waals surface area contributed by atoms with Crippen molar-refractivity contribution in [1.82, 2.24) is 10.6 Å². The molecular formula is C23H31N5O4S. The molecule has 2 amide bonds. The van der Waals surface area contributed by atoms with E-state index in [1.807, 2.05) is 0 Å². The predicted molar refractivity (Wildman–Crippen MR) is 131 cm³/mol. The molecule has 178 valence electrons. The summed E-state index contributed by atoms with van der Waals surface area (Å²) in [7, 11) is 1.31. The van der Waals surface area contributed by atoms with Crippen LogP contribution in [-0.2, 0) is 14.3 Å². The Balaban J connectivity index is 1.85. The first-order valence-corrected chi connectivity index (χ1v) is 11.6. The van der Waals surface area contributed by atoms with Crippen molar-refractivity contribution < 1.29 is 19.1 Å². The Kier molecular flexibility index (Phi) is 10.5. The summed E-state index contributed by atoms with van der Waals surface area (Å²) in [5.41, 5.74) is 12.7. The number of aliphatic imine (C=N–C) groups is 1. The van der Waals surface area contributed by atoms with Crippen LogP contribution in [0.4, 0.5) is 5.69 Å². The zero-order chi connectivity index (χ0) is 24.2. The molecule has 0 radical (unpaired) electrons. The summed E-state index contributed by atoms with van der Waals surface area (Å²) in [6.45, 7) is 1.84. The minimum atomic E-state index is -0.440. The lowest BCUT2D eigenvalue weighted by Crippen LogP contribution is -2.43. The molecule has 0 saturated heterocycles. The van der Waals surface area contributed by atoms with Crippen molar-refractivity contribution in [3.05, 3.63) is 53.6 Å². The molecule has 0 saturated carbocycles. The lowest BCUT2D eigenvalue weighted by molar-refractivity contribution is -0.141. The van der Waals surface area contributed by atoms with E-state index >= 15 is 0 Å². The maximum Gasteiger partial charge on any atom is 0.307 e. The molecule has 0 aromatic heterocycles. The van der Waals surface area contributed by atoms with Crippen LogP contribution in [0.2, 0.25) is 0 Å². The first-order chi connectivity index (χ1) is 15.8. The van der Waals surface area contributed by atoms with Gasteiger partial charge in [0, 0.05) is 16.9 Å². The number of rotatable bonds is 11. The molecule has 0 fully saturated rings. The van der Waals surface area contributed by atoms with Crippen LogP contribution in [-0.4, -0.2) is 54.4 Å². The quantitative estimate of drug-likeness (QED) is 0.217. The van der Waals surface area contributed by atoms with Crippen molar-refractivity contribution in [1.29, 1.82) is 0 Å². The van der Waals surface area contributed by atoms with Gasteiger partial charge >= 0.3 is 5.97 Å². The van der Waals surface area contributed by atoms with Crippen LogP contribution in [0, 0.1) is 0 Å². The number of methoxy groups -OCH3 is 1. The molecular weight excluding hydrogens is 442 g/mol. The molecule has 1 aromatic carbocycles. The number of nitrogens with two attached hydrogens (primary N) is 2. The van der Waals surface area contributed by atoms with E-state index in [1.54, 1.807) is 30.0 Å². The highest BCUT2D eigenvalue weighted by molar-refractivity contribution is 8.00. The lowest BCUT2D eigenvalue weighted by Gasteiger charge is -2.20. The highest BCUT2D eigenvalue weighted by Crippen LogP contribution is 2.23. The van der Waals surface area contributed by atoms with Gasteiger partial charge in [0.25, 0.3) is 5.91 Å². The van der Waals surface area contributed by atoms with Gasteiger partial charge in [-0.2, -0.15) is 11.8 Å². The van der Waals surface area contributed by atoms with Crippen molar-refractivity contribution in [3.8, 4) is 0 Å². The van der Waals surface area contributed by atoms with Crippen molar-refractivity contribution in [2.24, 2.45) is 16.5 Å². The van der Waals surface area contributed by atoms with Crippen molar-refractivity contribution in [3.63, 3.8) is 0 Å². The molecule has 10 heteroatoms. The fourth-order valence-corrected chi connectivity index (χ4v) is 4.26. The Hall–Kier alpha value is -3.27. The number of carbonyl (C=O) groups excluding carboxylic acids is 3. The predicted octanol–water partition coefficient (Wildman–Crippen LogP) is 1.77. The summed E-state index contributed by atoms with van der Waals surface area (Å²) in [5, 5.41) is 5.77. The van der Waals surface area contributed by atoms with Crippen LogP contribution in [0.15, 0.2) is 53.1 Å². The normalized spacial score (nSPS) is 15.7. The van der Waals surface area contributed by atoms with Crippen LogP contribution in [0.5, 0.6) is 0 Å². The Morgan fingerprint density at radius 1 is 1.30 bits per heavy atom. The number of carbonyl (C=O) groups is 3. The van der Waals surface area contributed by atoms with E-state index in [0.717, 1.165) is 12.2 Å². The van der Waals surface area contributed by atoms with Gasteiger partial charge in [-0.3, -0.25) is 14.4 Å². The number of amides is 2. The molecule has 1 aromatic rings. The van der Waals surface area contributed by atoms with Gasteiger partial charge in [0.05, 0.1) is 25.8 Å². The molecule has 2 rings (SSSR count). The van der Waals surface area contributed by atoms with Gasteiger partial charge in [0.15, 0.2) is 5.96 Å². The molecule has 2 unspecified atom stereocenters. The van der Waals surface area contributed by atoms with Crippen LogP contribution in [0.1, 0.15) is 36.5 Å². The molecule has 2 atom stereocenters. The Labute approximate surface area is 198 Å². The van der Waals surface area contributed by atoms with Gasteiger partial charge in [-0.15, -0.1) is 0 Å². The zero-order valence-corrected chi connectivity index (χ0v) is 19.7. The summed E-state index contributed by atoms with van der Waals surface area (Å²) in [6.07, 6.45) is 8.11. The Bertz CT molecular complexity index is 941. The van der Waals surface area contributed by atoms with Gasteiger partial charge in [-0.1, -0.05) is 29.9 Å². The van der Waals surface area contributed by atoms with Gasteiger partial charge < -0.3 is 26.8 Å². The van der Waals surface area contributed by atoms with Crippen molar-refractivity contribution in [2.45, 2.75) is 37.5 Å². The van der Waals surface area contributed by atoms with Crippen LogP contribution < -0.4 is 22.1 Å². The average Bonchev–Trinajstić information content (AvgIpc) is 2.78. The molecule has 1 aliphatic carbocycles. The largest absolute Gasteiger partial charge is 0.469 e. The van der Waals surface area contributed by atoms with Gasteiger partial charge in [-0.25, -0.2) is 4.99 Å². The van der Waals surface area contributed by atoms with E-state index in [-0.39, 0.29) is 25.0 Å². The standard InChI is InChI=1S/C23H31N5O4S/c1-15-6-8-19(9-7-15)33-11-10-18(13-21(30)32-2)27-20(29)14-26-22(31)16-4-3-5-17(12-16)28-23(24)25/h3-8,12,18-19H,9-11,13-14H2,1-2H3,(H,26,31)(H,27,29)(H4,24,25,28). The minimum absolute atomic E-state index is 0.0663. The van der Waals surface area contributed by atoms with E-state index in [2.05, 4.69) is 40.8 Å². The van der Waals surface area contributed by atoms with Crippen LogP contribution in [0.3, 0.4) is 0 Å².